The lowest BCUT2D eigenvalue weighted by Crippen LogP contribution is -2.38. The van der Waals surface area contributed by atoms with Crippen molar-refractivity contribution in [1.82, 2.24) is 4.90 Å². The topological polar surface area (TPSA) is 38.8 Å². The van der Waals surface area contributed by atoms with Gasteiger partial charge in [0.2, 0.25) is 0 Å². The fraction of sp³-hybridized carbons (Fsp3) is 0.500. The van der Waals surface area contributed by atoms with Gasteiger partial charge in [0.15, 0.2) is 11.5 Å². The molecule has 106 valence electrons. The van der Waals surface area contributed by atoms with E-state index in [4.69, 9.17) is 21.1 Å². The smallest absolute Gasteiger partial charge is 0.254 e. The van der Waals surface area contributed by atoms with E-state index in [9.17, 15) is 4.79 Å². The molecule has 0 aromatic heterocycles. The van der Waals surface area contributed by atoms with Crippen molar-refractivity contribution in [2.24, 2.45) is 0 Å². The number of halogens is 1. The van der Waals surface area contributed by atoms with Gasteiger partial charge in [0, 0.05) is 24.0 Å². The number of carbonyl (C=O) groups excluding carboxylic acids is 1. The summed E-state index contributed by atoms with van der Waals surface area (Å²) in [5, 5.41) is 0. The van der Waals surface area contributed by atoms with E-state index in [2.05, 4.69) is 0 Å². The van der Waals surface area contributed by atoms with Crippen molar-refractivity contribution in [2.45, 2.75) is 19.9 Å². The highest BCUT2D eigenvalue weighted by molar-refractivity contribution is 6.18. The number of hydrogen-bond acceptors (Lipinski definition) is 3. The number of methoxy groups -OCH3 is 2. The van der Waals surface area contributed by atoms with Crippen LogP contribution in [0.1, 0.15) is 24.2 Å². The molecule has 4 nitrogen and oxygen atoms in total. The van der Waals surface area contributed by atoms with Crippen LogP contribution in [0.3, 0.4) is 0 Å². The molecule has 0 aliphatic heterocycles. The summed E-state index contributed by atoms with van der Waals surface area (Å²) in [5.41, 5.74) is 0.566. The van der Waals surface area contributed by atoms with E-state index in [-0.39, 0.29) is 11.9 Å². The SMILES string of the molecule is COc1ccc(C(=O)N(CCCl)C(C)C)cc1OC. The van der Waals surface area contributed by atoms with Crippen LogP contribution in [0.4, 0.5) is 0 Å². The summed E-state index contributed by atoms with van der Waals surface area (Å²) in [6.07, 6.45) is 0. The average molecular weight is 286 g/mol. The largest absolute Gasteiger partial charge is 0.493 e. The second kappa shape index (κ2) is 7.24. The first-order valence-corrected chi connectivity index (χ1v) is 6.67. The van der Waals surface area contributed by atoms with Crippen molar-refractivity contribution >= 4 is 17.5 Å². The average Bonchev–Trinajstić information content (AvgIpc) is 2.42. The maximum Gasteiger partial charge on any atom is 0.254 e. The summed E-state index contributed by atoms with van der Waals surface area (Å²) in [6, 6.07) is 5.24. The van der Waals surface area contributed by atoms with Crippen molar-refractivity contribution in [2.75, 3.05) is 26.6 Å². The lowest BCUT2D eigenvalue weighted by Gasteiger charge is -2.26. The molecule has 1 aromatic carbocycles. The molecule has 1 rings (SSSR count). The number of ether oxygens (including phenoxy) is 2. The monoisotopic (exact) mass is 285 g/mol. The normalized spacial score (nSPS) is 10.4. The molecule has 0 atom stereocenters. The van der Waals surface area contributed by atoms with Gasteiger partial charge < -0.3 is 14.4 Å². The quantitative estimate of drug-likeness (QED) is 0.755. The highest BCUT2D eigenvalue weighted by Crippen LogP contribution is 2.28. The highest BCUT2D eigenvalue weighted by atomic mass is 35.5. The van der Waals surface area contributed by atoms with Crippen LogP contribution in [0.15, 0.2) is 18.2 Å². The van der Waals surface area contributed by atoms with Crippen LogP contribution in [-0.4, -0.2) is 43.5 Å². The maximum atomic E-state index is 12.4. The predicted octanol–water partition coefficient (Wildman–Crippen LogP) is 2.79. The zero-order valence-electron chi connectivity index (χ0n) is 11.8. The maximum absolute atomic E-state index is 12.4. The Morgan fingerprint density at radius 1 is 1.26 bits per heavy atom. The summed E-state index contributed by atoms with van der Waals surface area (Å²) in [4.78, 5) is 14.1. The van der Waals surface area contributed by atoms with Gasteiger partial charge >= 0.3 is 0 Å². The van der Waals surface area contributed by atoms with Gasteiger partial charge in [-0.25, -0.2) is 0 Å². The molecule has 0 spiro atoms. The van der Waals surface area contributed by atoms with E-state index >= 15 is 0 Å². The number of benzene rings is 1. The lowest BCUT2D eigenvalue weighted by atomic mass is 10.1. The lowest BCUT2D eigenvalue weighted by molar-refractivity contribution is 0.0718. The predicted molar refractivity (Wildman–Crippen MR) is 76.4 cm³/mol. The van der Waals surface area contributed by atoms with Gasteiger partial charge in [-0.2, -0.15) is 0 Å². The summed E-state index contributed by atoms with van der Waals surface area (Å²) >= 11 is 5.74. The van der Waals surface area contributed by atoms with Gasteiger partial charge in [-0.3, -0.25) is 4.79 Å². The Hall–Kier alpha value is -1.42. The van der Waals surface area contributed by atoms with Crippen LogP contribution in [0.5, 0.6) is 11.5 Å². The van der Waals surface area contributed by atoms with Crippen molar-refractivity contribution < 1.29 is 14.3 Å². The van der Waals surface area contributed by atoms with Crippen LogP contribution in [0, 0.1) is 0 Å². The fourth-order valence-electron chi connectivity index (χ4n) is 1.82. The van der Waals surface area contributed by atoms with E-state index in [0.717, 1.165) is 0 Å². The van der Waals surface area contributed by atoms with Crippen molar-refractivity contribution in [3.05, 3.63) is 23.8 Å². The van der Waals surface area contributed by atoms with E-state index in [1.807, 2.05) is 13.8 Å². The van der Waals surface area contributed by atoms with E-state index < -0.39 is 0 Å². The molecule has 0 bridgehead atoms. The molecular formula is C14H20ClNO3. The zero-order chi connectivity index (χ0) is 14.4. The first kappa shape index (κ1) is 15.6. The van der Waals surface area contributed by atoms with E-state index in [1.54, 1.807) is 37.3 Å². The van der Waals surface area contributed by atoms with Crippen LogP contribution in [-0.2, 0) is 0 Å². The number of alkyl halides is 1. The number of nitrogens with zero attached hydrogens (tertiary/aromatic N) is 1. The van der Waals surface area contributed by atoms with E-state index in [0.29, 0.717) is 29.5 Å². The minimum atomic E-state index is -0.0587. The molecule has 0 unspecified atom stereocenters. The van der Waals surface area contributed by atoms with Crippen molar-refractivity contribution in [3.8, 4) is 11.5 Å². The molecular weight excluding hydrogens is 266 g/mol. The van der Waals surface area contributed by atoms with Gasteiger partial charge in [0.25, 0.3) is 5.91 Å². The van der Waals surface area contributed by atoms with Gasteiger partial charge in [0.05, 0.1) is 14.2 Å². The number of carbonyl (C=O) groups is 1. The van der Waals surface area contributed by atoms with Gasteiger partial charge in [-0.1, -0.05) is 0 Å². The summed E-state index contributed by atoms with van der Waals surface area (Å²) in [6.45, 7) is 4.45. The Balaban J connectivity index is 3.04. The molecule has 1 amide bonds. The molecule has 0 N–H and O–H groups in total. The number of hydrogen-bond donors (Lipinski definition) is 0. The fourth-order valence-corrected chi connectivity index (χ4v) is 2.00. The molecule has 1 aromatic rings. The Morgan fingerprint density at radius 2 is 1.89 bits per heavy atom. The third-order valence-electron chi connectivity index (χ3n) is 2.84. The van der Waals surface area contributed by atoms with Crippen LogP contribution < -0.4 is 9.47 Å². The van der Waals surface area contributed by atoms with E-state index in [1.165, 1.54) is 0 Å². The third-order valence-corrected chi connectivity index (χ3v) is 3.01. The van der Waals surface area contributed by atoms with Crippen molar-refractivity contribution in [1.29, 1.82) is 0 Å². The summed E-state index contributed by atoms with van der Waals surface area (Å²) < 4.78 is 10.4. The molecule has 0 saturated heterocycles. The molecule has 19 heavy (non-hydrogen) atoms. The molecule has 0 radical (unpaired) electrons. The Labute approximate surface area is 119 Å². The minimum absolute atomic E-state index is 0.0587. The first-order valence-electron chi connectivity index (χ1n) is 6.14. The summed E-state index contributed by atoms with van der Waals surface area (Å²) in [7, 11) is 3.11. The minimum Gasteiger partial charge on any atom is -0.493 e. The summed E-state index contributed by atoms with van der Waals surface area (Å²) in [5.74, 6) is 1.50. The van der Waals surface area contributed by atoms with Crippen molar-refractivity contribution in [3.63, 3.8) is 0 Å². The molecule has 0 aliphatic rings. The number of amides is 1. The van der Waals surface area contributed by atoms with Crippen LogP contribution in [0.25, 0.3) is 0 Å². The Bertz CT molecular complexity index is 435. The Morgan fingerprint density at radius 3 is 2.37 bits per heavy atom. The molecule has 0 fully saturated rings. The second-order valence-electron chi connectivity index (χ2n) is 4.35. The molecule has 0 heterocycles. The first-order chi connectivity index (χ1) is 9.04. The zero-order valence-corrected chi connectivity index (χ0v) is 12.5. The van der Waals surface area contributed by atoms with Gasteiger partial charge in [0.1, 0.15) is 0 Å². The molecule has 0 aliphatic carbocycles. The van der Waals surface area contributed by atoms with Crippen LogP contribution >= 0.6 is 11.6 Å². The number of rotatable bonds is 6. The highest BCUT2D eigenvalue weighted by Gasteiger charge is 2.19. The molecule has 5 heteroatoms. The van der Waals surface area contributed by atoms with Crippen LogP contribution in [0.2, 0.25) is 0 Å². The standard InChI is InChI=1S/C14H20ClNO3/c1-10(2)16(8-7-15)14(17)11-5-6-12(18-3)13(9-11)19-4/h5-6,9-10H,7-8H2,1-4H3. The Kier molecular flexibility index (Phi) is 5.96. The molecule has 0 saturated carbocycles. The second-order valence-corrected chi connectivity index (χ2v) is 4.73. The van der Waals surface area contributed by atoms with Gasteiger partial charge in [-0.15, -0.1) is 11.6 Å². The third kappa shape index (κ3) is 3.77. The van der Waals surface area contributed by atoms with Gasteiger partial charge in [-0.05, 0) is 32.0 Å².